The van der Waals surface area contributed by atoms with Gasteiger partial charge in [0, 0.05) is 9.79 Å². The van der Waals surface area contributed by atoms with Crippen molar-refractivity contribution in [3.05, 3.63) is 54.1 Å². The van der Waals surface area contributed by atoms with Gasteiger partial charge in [-0.2, -0.15) is 8.78 Å². The Hall–Kier alpha value is -1.53. The van der Waals surface area contributed by atoms with Crippen LogP contribution >= 0.6 is 23.5 Å². The van der Waals surface area contributed by atoms with Crippen molar-refractivity contribution >= 4 is 35.1 Å². The number of para-hydroxylation sites is 1. The summed E-state index contributed by atoms with van der Waals surface area (Å²) in [6.07, 6.45) is 1.88. The van der Waals surface area contributed by atoms with Crippen LogP contribution in [0.15, 0.2) is 58.3 Å². The van der Waals surface area contributed by atoms with Crippen LogP contribution in [0.1, 0.15) is 10.4 Å². The summed E-state index contributed by atoms with van der Waals surface area (Å²) < 4.78 is 25.1. The van der Waals surface area contributed by atoms with Gasteiger partial charge in [-0.1, -0.05) is 36.0 Å². The van der Waals surface area contributed by atoms with E-state index in [-0.39, 0.29) is 5.91 Å². The maximum Gasteiger partial charge on any atom is 0.288 e. The lowest BCUT2D eigenvalue weighted by molar-refractivity contribution is 0.102. The summed E-state index contributed by atoms with van der Waals surface area (Å²) in [5, 5.41) is 2.70. The number of amides is 1. The number of benzene rings is 2. The average Bonchev–Trinajstić information content (AvgIpc) is 2.48. The molecule has 0 aliphatic rings. The number of carbonyl (C=O) groups is 1. The van der Waals surface area contributed by atoms with Crippen LogP contribution in [0.5, 0.6) is 0 Å². The van der Waals surface area contributed by atoms with E-state index in [1.165, 1.54) is 11.8 Å². The van der Waals surface area contributed by atoms with Gasteiger partial charge in [-0.3, -0.25) is 4.79 Å². The van der Waals surface area contributed by atoms with Crippen LogP contribution in [0.4, 0.5) is 14.5 Å². The summed E-state index contributed by atoms with van der Waals surface area (Å²) in [5.74, 6) is -2.83. The van der Waals surface area contributed by atoms with Gasteiger partial charge in [-0.15, -0.1) is 11.8 Å². The number of thioether (sulfide) groups is 2. The number of nitrogens with one attached hydrogen (secondary N) is 1. The molecule has 0 fully saturated rings. The second kappa shape index (κ2) is 7.47. The molecule has 1 amide bonds. The van der Waals surface area contributed by atoms with E-state index in [1.807, 2.05) is 18.4 Å². The van der Waals surface area contributed by atoms with Gasteiger partial charge in [0.05, 0.1) is 11.3 Å². The second-order valence-electron chi connectivity index (χ2n) is 4.03. The topological polar surface area (TPSA) is 29.1 Å². The van der Waals surface area contributed by atoms with Crippen molar-refractivity contribution in [3.8, 4) is 0 Å². The monoisotopic (exact) mass is 325 g/mol. The Kier molecular flexibility index (Phi) is 5.64. The third-order valence-corrected chi connectivity index (χ3v) is 4.29. The Morgan fingerprint density at radius 3 is 2.33 bits per heavy atom. The van der Waals surface area contributed by atoms with E-state index in [1.54, 1.807) is 36.4 Å². The van der Waals surface area contributed by atoms with Crippen molar-refractivity contribution in [2.75, 3.05) is 11.6 Å². The summed E-state index contributed by atoms with van der Waals surface area (Å²) >= 11 is 1.88. The smallest absolute Gasteiger partial charge is 0.288 e. The highest BCUT2D eigenvalue weighted by Crippen LogP contribution is 2.32. The number of halogens is 2. The summed E-state index contributed by atoms with van der Waals surface area (Å²) in [5.41, 5.74) is 0.922. The Morgan fingerprint density at radius 1 is 1.05 bits per heavy atom. The lowest BCUT2D eigenvalue weighted by Gasteiger charge is -2.12. The molecule has 0 aliphatic heterocycles. The SMILES string of the molecule is CSc1ccccc1C(=O)Nc1ccccc1SC(F)F. The van der Waals surface area contributed by atoms with Crippen LogP contribution in [-0.2, 0) is 0 Å². The largest absolute Gasteiger partial charge is 0.321 e. The first-order valence-electron chi connectivity index (χ1n) is 6.10. The molecule has 2 rings (SSSR count). The molecule has 1 N–H and O–H groups in total. The van der Waals surface area contributed by atoms with E-state index < -0.39 is 5.76 Å². The highest BCUT2D eigenvalue weighted by atomic mass is 32.2. The molecule has 21 heavy (non-hydrogen) atoms. The Balaban J connectivity index is 2.24. The van der Waals surface area contributed by atoms with Crippen LogP contribution in [0.2, 0.25) is 0 Å². The third kappa shape index (κ3) is 4.22. The lowest BCUT2D eigenvalue weighted by Crippen LogP contribution is -2.13. The van der Waals surface area contributed by atoms with Gasteiger partial charge >= 0.3 is 0 Å². The molecule has 0 bridgehead atoms. The average molecular weight is 325 g/mol. The van der Waals surface area contributed by atoms with Crippen molar-refractivity contribution < 1.29 is 13.6 Å². The molecule has 0 saturated carbocycles. The molecular formula is C15H13F2NOS2. The number of hydrogen-bond donors (Lipinski definition) is 1. The highest BCUT2D eigenvalue weighted by Gasteiger charge is 2.14. The van der Waals surface area contributed by atoms with E-state index in [2.05, 4.69) is 5.32 Å². The summed E-state index contributed by atoms with van der Waals surface area (Å²) in [6, 6.07) is 13.7. The van der Waals surface area contributed by atoms with E-state index in [4.69, 9.17) is 0 Å². The molecule has 0 aromatic heterocycles. The quantitative estimate of drug-likeness (QED) is 0.787. The fraction of sp³-hybridized carbons (Fsp3) is 0.133. The van der Waals surface area contributed by atoms with Crippen molar-refractivity contribution in [1.82, 2.24) is 0 Å². The van der Waals surface area contributed by atoms with Crippen LogP contribution in [0.25, 0.3) is 0 Å². The number of hydrogen-bond acceptors (Lipinski definition) is 3. The summed E-state index contributed by atoms with van der Waals surface area (Å²) in [6.45, 7) is 0. The molecular weight excluding hydrogens is 312 g/mol. The van der Waals surface area contributed by atoms with E-state index in [0.29, 0.717) is 27.9 Å². The molecule has 0 aliphatic carbocycles. The molecule has 0 spiro atoms. The van der Waals surface area contributed by atoms with Crippen molar-refractivity contribution in [2.45, 2.75) is 15.5 Å². The van der Waals surface area contributed by atoms with E-state index in [0.717, 1.165) is 4.90 Å². The maximum atomic E-state index is 12.5. The minimum Gasteiger partial charge on any atom is -0.321 e. The first-order valence-corrected chi connectivity index (χ1v) is 8.20. The number of anilines is 1. The number of carbonyl (C=O) groups excluding carboxylic acids is 1. The number of rotatable bonds is 5. The van der Waals surface area contributed by atoms with Gasteiger partial charge in [0.25, 0.3) is 11.7 Å². The van der Waals surface area contributed by atoms with Gasteiger partial charge in [0.15, 0.2) is 0 Å². The molecule has 0 heterocycles. The minimum absolute atomic E-state index is 0.303. The predicted molar refractivity (Wildman–Crippen MR) is 84.5 cm³/mol. The third-order valence-electron chi connectivity index (χ3n) is 2.70. The van der Waals surface area contributed by atoms with Gasteiger partial charge < -0.3 is 5.32 Å². The summed E-state index contributed by atoms with van der Waals surface area (Å²) in [7, 11) is 0. The maximum absolute atomic E-state index is 12.5. The van der Waals surface area contributed by atoms with E-state index in [9.17, 15) is 13.6 Å². The first kappa shape index (κ1) is 15.9. The molecule has 6 heteroatoms. The predicted octanol–water partition coefficient (Wildman–Crippen LogP) is 4.98. The minimum atomic E-state index is -2.53. The Labute approximate surface area is 130 Å². The second-order valence-corrected chi connectivity index (χ2v) is 5.91. The molecule has 2 nitrogen and oxygen atoms in total. The van der Waals surface area contributed by atoms with Gasteiger partial charge in [0.2, 0.25) is 0 Å². The fourth-order valence-electron chi connectivity index (χ4n) is 1.79. The van der Waals surface area contributed by atoms with Crippen LogP contribution in [0.3, 0.4) is 0 Å². The summed E-state index contributed by atoms with van der Waals surface area (Å²) in [4.78, 5) is 13.5. The van der Waals surface area contributed by atoms with Gasteiger partial charge in [0.1, 0.15) is 0 Å². The zero-order valence-corrected chi connectivity index (χ0v) is 12.8. The van der Waals surface area contributed by atoms with Crippen LogP contribution in [-0.4, -0.2) is 17.9 Å². The molecule has 110 valence electrons. The normalized spacial score (nSPS) is 10.7. The van der Waals surface area contributed by atoms with E-state index >= 15 is 0 Å². The zero-order valence-electron chi connectivity index (χ0n) is 11.2. The van der Waals surface area contributed by atoms with Crippen molar-refractivity contribution in [3.63, 3.8) is 0 Å². The molecule has 2 aromatic carbocycles. The Morgan fingerprint density at radius 2 is 1.67 bits per heavy atom. The molecule has 2 aromatic rings. The molecule has 0 unspecified atom stereocenters. The molecule has 0 atom stereocenters. The van der Waals surface area contributed by atoms with Gasteiger partial charge in [-0.05, 0) is 30.5 Å². The van der Waals surface area contributed by atoms with Crippen molar-refractivity contribution in [1.29, 1.82) is 0 Å². The fourth-order valence-corrected chi connectivity index (χ4v) is 2.98. The van der Waals surface area contributed by atoms with Crippen molar-refractivity contribution in [2.24, 2.45) is 0 Å². The Bertz CT molecular complexity index is 635. The lowest BCUT2D eigenvalue weighted by atomic mass is 10.2. The highest BCUT2D eigenvalue weighted by molar-refractivity contribution is 7.99. The molecule has 0 saturated heterocycles. The van der Waals surface area contributed by atoms with Crippen LogP contribution in [0, 0.1) is 0 Å². The van der Waals surface area contributed by atoms with Crippen LogP contribution < -0.4 is 5.32 Å². The standard InChI is InChI=1S/C15H13F2NOS2/c1-20-12-8-4-2-6-10(12)14(19)18-11-7-3-5-9-13(11)21-15(16)17/h2-9,15H,1H3,(H,18,19). The number of alkyl halides is 2. The zero-order chi connectivity index (χ0) is 15.2. The van der Waals surface area contributed by atoms with Gasteiger partial charge in [-0.25, -0.2) is 0 Å². The first-order chi connectivity index (χ1) is 10.1. The molecule has 0 radical (unpaired) electrons.